The maximum atomic E-state index is 13.2. The average Bonchev–Trinajstić information content (AvgIpc) is 2.34. The average molecular weight is 238 g/mol. The summed E-state index contributed by atoms with van der Waals surface area (Å²) in [5, 5.41) is 3.43. The van der Waals surface area contributed by atoms with E-state index in [4.69, 9.17) is 4.74 Å². The standard InChI is InChI=1S/C13H19FN2O/c1-16-7-5-10(6-8-16)15-11-3-4-12(14)13(9-11)17-2/h3-4,9-10,15H,5-8H2,1-2H3. The molecule has 3 nitrogen and oxygen atoms in total. The molecule has 0 aliphatic carbocycles. The number of anilines is 1. The molecule has 0 unspecified atom stereocenters. The Labute approximate surface area is 102 Å². The number of hydrogen-bond donors (Lipinski definition) is 1. The van der Waals surface area contributed by atoms with Crippen molar-refractivity contribution in [3.63, 3.8) is 0 Å². The maximum Gasteiger partial charge on any atom is 0.165 e. The lowest BCUT2D eigenvalue weighted by Crippen LogP contribution is -2.36. The quantitative estimate of drug-likeness (QED) is 0.874. The number of benzene rings is 1. The van der Waals surface area contributed by atoms with Crippen LogP contribution in [0.4, 0.5) is 10.1 Å². The highest BCUT2D eigenvalue weighted by molar-refractivity contribution is 5.49. The van der Waals surface area contributed by atoms with Gasteiger partial charge in [0.05, 0.1) is 7.11 Å². The fourth-order valence-electron chi connectivity index (χ4n) is 2.14. The molecule has 1 N–H and O–H groups in total. The molecule has 0 amide bonds. The van der Waals surface area contributed by atoms with Gasteiger partial charge in [-0.1, -0.05) is 0 Å². The molecule has 1 heterocycles. The molecule has 17 heavy (non-hydrogen) atoms. The van der Waals surface area contributed by atoms with Crippen molar-refractivity contribution >= 4 is 5.69 Å². The summed E-state index contributed by atoms with van der Waals surface area (Å²) in [4.78, 5) is 2.32. The Balaban J connectivity index is 1.99. The molecule has 4 heteroatoms. The van der Waals surface area contributed by atoms with E-state index in [-0.39, 0.29) is 5.82 Å². The van der Waals surface area contributed by atoms with Crippen LogP contribution in [0.3, 0.4) is 0 Å². The van der Waals surface area contributed by atoms with E-state index in [9.17, 15) is 4.39 Å². The molecule has 1 saturated heterocycles. The highest BCUT2D eigenvalue weighted by atomic mass is 19.1. The number of nitrogens with one attached hydrogen (secondary N) is 1. The molecule has 0 aromatic heterocycles. The second-order valence-corrected chi connectivity index (χ2v) is 4.57. The molecule has 1 aliphatic heterocycles. The summed E-state index contributed by atoms with van der Waals surface area (Å²) in [5.41, 5.74) is 0.929. The van der Waals surface area contributed by atoms with Crippen molar-refractivity contribution in [1.82, 2.24) is 4.90 Å². The van der Waals surface area contributed by atoms with Gasteiger partial charge in [0.1, 0.15) is 0 Å². The number of likely N-dealkylation sites (tertiary alicyclic amines) is 1. The molecule has 1 aliphatic rings. The van der Waals surface area contributed by atoms with E-state index >= 15 is 0 Å². The molecule has 0 saturated carbocycles. The first-order valence-electron chi connectivity index (χ1n) is 5.97. The third kappa shape index (κ3) is 3.09. The van der Waals surface area contributed by atoms with Gasteiger partial charge in [-0.2, -0.15) is 0 Å². The van der Waals surface area contributed by atoms with Crippen LogP contribution in [0.5, 0.6) is 5.75 Å². The van der Waals surface area contributed by atoms with Crippen LogP contribution < -0.4 is 10.1 Å². The minimum absolute atomic E-state index is 0.294. The second kappa shape index (κ2) is 5.36. The Morgan fingerprint density at radius 1 is 1.35 bits per heavy atom. The smallest absolute Gasteiger partial charge is 0.165 e. The first kappa shape index (κ1) is 12.2. The van der Waals surface area contributed by atoms with Gasteiger partial charge in [-0.15, -0.1) is 0 Å². The van der Waals surface area contributed by atoms with Crippen LogP contribution in [0.2, 0.25) is 0 Å². The number of ether oxygens (including phenoxy) is 1. The zero-order chi connectivity index (χ0) is 12.3. The molecule has 94 valence electrons. The van der Waals surface area contributed by atoms with Gasteiger partial charge < -0.3 is 15.0 Å². The summed E-state index contributed by atoms with van der Waals surface area (Å²) in [7, 11) is 3.62. The molecule has 0 spiro atoms. The predicted octanol–water partition coefficient (Wildman–Crippen LogP) is 2.34. The van der Waals surface area contributed by atoms with Gasteiger partial charge in [-0.3, -0.25) is 0 Å². The maximum absolute atomic E-state index is 13.2. The highest BCUT2D eigenvalue weighted by Gasteiger charge is 2.16. The first-order chi connectivity index (χ1) is 8.19. The Bertz CT molecular complexity index is 376. The van der Waals surface area contributed by atoms with Crippen LogP contribution in [-0.4, -0.2) is 38.2 Å². The third-order valence-corrected chi connectivity index (χ3v) is 3.24. The van der Waals surface area contributed by atoms with Crippen LogP contribution in [0.15, 0.2) is 18.2 Å². The van der Waals surface area contributed by atoms with Crippen LogP contribution in [0.25, 0.3) is 0 Å². The van der Waals surface area contributed by atoms with Gasteiger partial charge in [0.15, 0.2) is 11.6 Å². The van der Waals surface area contributed by atoms with Gasteiger partial charge in [-0.25, -0.2) is 4.39 Å². The zero-order valence-electron chi connectivity index (χ0n) is 10.4. The number of halogens is 1. The minimum Gasteiger partial charge on any atom is -0.494 e. The lowest BCUT2D eigenvalue weighted by molar-refractivity contribution is 0.264. The second-order valence-electron chi connectivity index (χ2n) is 4.57. The largest absolute Gasteiger partial charge is 0.494 e. The van der Waals surface area contributed by atoms with E-state index in [2.05, 4.69) is 17.3 Å². The van der Waals surface area contributed by atoms with E-state index in [1.165, 1.54) is 13.2 Å². The zero-order valence-corrected chi connectivity index (χ0v) is 10.4. The molecule has 0 bridgehead atoms. The highest BCUT2D eigenvalue weighted by Crippen LogP contribution is 2.23. The van der Waals surface area contributed by atoms with Crippen LogP contribution in [0, 0.1) is 5.82 Å². The van der Waals surface area contributed by atoms with Crippen molar-refractivity contribution in [2.24, 2.45) is 0 Å². The van der Waals surface area contributed by atoms with Gasteiger partial charge >= 0.3 is 0 Å². The van der Waals surface area contributed by atoms with Gasteiger partial charge in [0, 0.05) is 17.8 Å². The van der Waals surface area contributed by atoms with Gasteiger partial charge in [-0.05, 0) is 45.1 Å². The Morgan fingerprint density at radius 3 is 2.71 bits per heavy atom. The SMILES string of the molecule is COc1cc(NC2CCN(C)CC2)ccc1F. The van der Waals surface area contributed by atoms with Crippen LogP contribution in [0.1, 0.15) is 12.8 Å². The van der Waals surface area contributed by atoms with Crippen molar-refractivity contribution < 1.29 is 9.13 Å². The lowest BCUT2D eigenvalue weighted by atomic mass is 10.1. The molecule has 0 atom stereocenters. The third-order valence-electron chi connectivity index (χ3n) is 3.24. The predicted molar refractivity (Wildman–Crippen MR) is 67.1 cm³/mol. The molecule has 0 radical (unpaired) electrons. The van der Waals surface area contributed by atoms with Crippen molar-refractivity contribution in [1.29, 1.82) is 0 Å². The molecule has 1 aromatic carbocycles. The summed E-state index contributed by atoms with van der Waals surface area (Å²) in [6.07, 6.45) is 2.24. The number of hydrogen-bond acceptors (Lipinski definition) is 3. The molecule has 1 aromatic rings. The van der Waals surface area contributed by atoms with Gasteiger partial charge in [0.2, 0.25) is 0 Å². The van der Waals surface area contributed by atoms with E-state index in [1.54, 1.807) is 12.1 Å². The summed E-state index contributed by atoms with van der Waals surface area (Å²) in [6, 6.07) is 5.39. The summed E-state index contributed by atoms with van der Waals surface area (Å²) in [6.45, 7) is 2.21. The molecule has 1 fully saturated rings. The normalized spacial score (nSPS) is 18.1. The summed E-state index contributed by atoms with van der Waals surface area (Å²) < 4.78 is 18.2. The van der Waals surface area contributed by atoms with Crippen molar-refractivity contribution in [2.75, 3.05) is 32.6 Å². The molecule has 2 rings (SSSR count). The number of methoxy groups -OCH3 is 1. The van der Waals surface area contributed by atoms with E-state index < -0.39 is 0 Å². The molecular formula is C13H19FN2O. The fraction of sp³-hybridized carbons (Fsp3) is 0.538. The van der Waals surface area contributed by atoms with Crippen LogP contribution >= 0.6 is 0 Å². The van der Waals surface area contributed by atoms with Crippen molar-refractivity contribution in [3.8, 4) is 5.75 Å². The first-order valence-corrected chi connectivity index (χ1v) is 5.97. The number of rotatable bonds is 3. The monoisotopic (exact) mass is 238 g/mol. The van der Waals surface area contributed by atoms with Gasteiger partial charge in [0.25, 0.3) is 0 Å². The Kier molecular flexibility index (Phi) is 3.84. The van der Waals surface area contributed by atoms with Crippen molar-refractivity contribution in [2.45, 2.75) is 18.9 Å². The molecular weight excluding hydrogens is 219 g/mol. The van der Waals surface area contributed by atoms with Crippen LogP contribution in [-0.2, 0) is 0 Å². The summed E-state index contributed by atoms with van der Waals surface area (Å²) in [5.74, 6) is -0.0237. The number of nitrogens with zero attached hydrogens (tertiary/aromatic N) is 1. The van der Waals surface area contributed by atoms with Crippen molar-refractivity contribution in [3.05, 3.63) is 24.0 Å². The van der Waals surface area contributed by atoms with E-state index in [0.717, 1.165) is 31.6 Å². The number of piperidine rings is 1. The summed E-state index contributed by atoms with van der Waals surface area (Å²) >= 11 is 0. The lowest BCUT2D eigenvalue weighted by Gasteiger charge is -2.30. The van der Waals surface area contributed by atoms with E-state index in [1.807, 2.05) is 0 Å². The Hall–Kier alpha value is -1.29. The van der Waals surface area contributed by atoms with E-state index in [0.29, 0.717) is 11.8 Å². The minimum atomic E-state index is -0.318. The topological polar surface area (TPSA) is 24.5 Å². The Morgan fingerprint density at radius 2 is 2.06 bits per heavy atom. The fourth-order valence-corrected chi connectivity index (χ4v) is 2.14.